The maximum atomic E-state index is 11.9. The lowest BCUT2D eigenvalue weighted by Crippen LogP contribution is -2.29. The van der Waals surface area contributed by atoms with Gasteiger partial charge in [0, 0.05) is 11.4 Å². The van der Waals surface area contributed by atoms with Crippen LogP contribution in [0, 0.1) is 0 Å². The third-order valence-corrected chi connectivity index (χ3v) is 3.10. The summed E-state index contributed by atoms with van der Waals surface area (Å²) in [5, 5.41) is 4.88. The predicted octanol–water partition coefficient (Wildman–Crippen LogP) is 2.06. The van der Waals surface area contributed by atoms with Crippen LogP contribution in [-0.4, -0.2) is 32.0 Å². The molecule has 0 bridgehead atoms. The average molecular weight is 328 g/mol. The highest BCUT2D eigenvalue weighted by atomic mass is 16.5. The van der Waals surface area contributed by atoms with Crippen molar-refractivity contribution in [2.45, 2.75) is 0 Å². The highest BCUT2D eigenvalue weighted by Gasteiger charge is 2.15. The van der Waals surface area contributed by atoms with Gasteiger partial charge in [-0.15, -0.1) is 0 Å². The van der Waals surface area contributed by atoms with Gasteiger partial charge in [0.15, 0.2) is 0 Å². The highest BCUT2D eigenvalue weighted by molar-refractivity contribution is 6.43. The molecule has 7 nitrogen and oxygen atoms in total. The van der Waals surface area contributed by atoms with E-state index in [1.165, 1.54) is 20.3 Å². The van der Waals surface area contributed by atoms with Gasteiger partial charge in [-0.2, -0.15) is 0 Å². The molecule has 2 N–H and O–H groups in total. The smallest absolute Gasteiger partial charge is 0.337 e. The van der Waals surface area contributed by atoms with Gasteiger partial charge in [0.2, 0.25) is 0 Å². The number of hydrogen-bond acceptors (Lipinski definition) is 5. The van der Waals surface area contributed by atoms with E-state index >= 15 is 0 Å². The van der Waals surface area contributed by atoms with E-state index in [0.29, 0.717) is 17.1 Å². The summed E-state index contributed by atoms with van der Waals surface area (Å²) in [6.07, 6.45) is 0. The van der Waals surface area contributed by atoms with Crippen LogP contribution < -0.4 is 15.4 Å². The van der Waals surface area contributed by atoms with E-state index in [0.717, 1.165) is 0 Å². The number of methoxy groups -OCH3 is 2. The normalized spacial score (nSPS) is 9.75. The van der Waals surface area contributed by atoms with E-state index in [2.05, 4.69) is 15.4 Å². The zero-order chi connectivity index (χ0) is 17.5. The Balaban J connectivity index is 2.00. The van der Waals surface area contributed by atoms with Crippen LogP contribution in [0.5, 0.6) is 5.75 Å². The molecule has 0 saturated heterocycles. The van der Waals surface area contributed by atoms with Crippen molar-refractivity contribution in [2.75, 3.05) is 24.9 Å². The summed E-state index contributed by atoms with van der Waals surface area (Å²) in [6.45, 7) is 0. The number of carbonyl (C=O) groups is 3. The molecule has 2 rings (SSSR count). The molecule has 0 unspecified atom stereocenters. The minimum atomic E-state index is -0.854. The summed E-state index contributed by atoms with van der Waals surface area (Å²) < 4.78 is 9.61. The van der Waals surface area contributed by atoms with Gasteiger partial charge in [0.25, 0.3) is 0 Å². The first kappa shape index (κ1) is 17.0. The molecule has 2 aromatic rings. The fourth-order valence-corrected chi connectivity index (χ4v) is 1.89. The number of esters is 1. The van der Waals surface area contributed by atoms with E-state index in [1.54, 1.807) is 42.5 Å². The molecule has 0 heterocycles. The van der Waals surface area contributed by atoms with Crippen LogP contribution in [0.4, 0.5) is 11.4 Å². The maximum absolute atomic E-state index is 11.9. The summed E-state index contributed by atoms with van der Waals surface area (Å²) >= 11 is 0. The lowest BCUT2D eigenvalue weighted by Gasteiger charge is -2.08. The van der Waals surface area contributed by atoms with Crippen molar-refractivity contribution in [1.82, 2.24) is 0 Å². The molecule has 0 spiro atoms. The number of hydrogen-bond donors (Lipinski definition) is 2. The van der Waals surface area contributed by atoms with E-state index in [1.807, 2.05) is 0 Å². The van der Waals surface area contributed by atoms with Crippen molar-refractivity contribution in [2.24, 2.45) is 0 Å². The van der Waals surface area contributed by atoms with Crippen molar-refractivity contribution < 1.29 is 23.9 Å². The molecule has 0 radical (unpaired) electrons. The fraction of sp³-hybridized carbons (Fsp3) is 0.118. The largest absolute Gasteiger partial charge is 0.497 e. The molecule has 24 heavy (non-hydrogen) atoms. The zero-order valence-electron chi connectivity index (χ0n) is 13.2. The molecule has 0 aliphatic heterocycles. The van der Waals surface area contributed by atoms with Crippen LogP contribution >= 0.6 is 0 Å². The van der Waals surface area contributed by atoms with E-state index < -0.39 is 17.8 Å². The maximum Gasteiger partial charge on any atom is 0.337 e. The van der Waals surface area contributed by atoms with Crippen LogP contribution in [0.2, 0.25) is 0 Å². The number of nitrogens with one attached hydrogen (secondary N) is 2. The summed E-state index contributed by atoms with van der Waals surface area (Å²) in [5.41, 5.74) is 1.04. The molecule has 0 atom stereocenters. The Morgan fingerprint density at radius 3 is 2.04 bits per heavy atom. The Bertz CT molecular complexity index is 756. The number of rotatable bonds is 4. The van der Waals surface area contributed by atoms with E-state index in [9.17, 15) is 14.4 Å². The standard InChI is InChI=1S/C17H16N2O5/c1-23-14-8-6-12(7-9-14)18-15(20)16(21)19-13-5-3-4-11(10-13)17(22)24-2/h3-10H,1-2H3,(H,18,20)(H,19,21). The first-order valence-electron chi connectivity index (χ1n) is 6.98. The second kappa shape index (κ2) is 7.77. The highest BCUT2D eigenvalue weighted by Crippen LogP contribution is 2.15. The quantitative estimate of drug-likeness (QED) is 0.662. The van der Waals surface area contributed by atoms with Crippen molar-refractivity contribution in [3.63, 3.8) is 0 Å². The van der Waals surface area contributed by atoms with Gasteiger partial charge in [0.05, 0.1) is 19.8 Å². The molecule has 124 valence electrons. The van der Waals surface area contributed by atoms with Crippen molar-refractivity contribution in [3.05, 3.63) is 54.1 Å². The molecule has 0 aliphatic carbocycles. The van der Waals surface area contributed by atoms with Gasteiger partial charge in [0.1, 0.15) is 5.75 Å². The molecule has 0 aliphatic rings. The Hall–Kier alpha value is -3.35. The van der Waals surface area contributed by atoms with E-state index in [-0.39, 0.29) is 5.56 Å². The van der Waals surface area contributed by atoms with Gasteiger partial charge in [-0.25, -0.2) is 4.79 Å². The third kappa shape index (κ3) is 4.33. The lowest BCUT2D eigenvalue weighted by atomic mass is 10.2. The molecular weight excluding hydrogens is 312 g/mol. The second-order valence-corrected chi connectivity index (χ2v) is 4.71. The van der Waals surface area contributed by atoms with Crippen LogP contribution in [0.25, 0.3) is 0 Å². The molecule has 2 amide bonds. The second-order valence-electron chi connectivity index (χ2n) is 4.71. The summed E-state index contributed by atoms with van der Waals surface area (Å²) in [6, 6.07) is 12.6. The van der Waals surface area contributed by atoms with Crippen molar-refractivity contribution in [1.29, 1.82) is 0 Å². The predicted molar refractivity (Wildman–Crippen MR) is 88.0 cm³/mol. The molecule has 0 fully saturated rings. The zero-order valence-corrected chi connectivity index (χ0v) is 13.2. The van der Waals surface area contributed by atoms with Crippen LogP contribution in [0.15, 0.2) is 48.5 Å². The minimum Gasteiger partial charge on any atom is -0.497 e. The van der Waals surface area contributed by atoms with Crippen LogP contribution in [0.1, 0.15) is 10.4 Å². The molecule has 0 saturated carbocycles. The molecule has 2 aromatic carbocycles. The average Bonchev–Trinajstić information content (AvgIpc) is 2.61. The SMILES string of the molecule is COC(=O)c1cccc(NC(=O)C(=O)Nc2ccc(OC)cc2)c1. The summed E-state index contributed by atoms with van der Waals surface area (Å²) in [4.78, 5) is 35.3. The van der Waals surface area contributed by atoms with Gasteiger partial charge in [-0.05, 0) is 42.5 Å². The first-order chi connectivity index (χ1) is 11.5. The van der Waals surface area contributed by atoms with Gasteiger partial charge >= 0.3 is 17.8 Å². The summed E-state index contributed by atoms with van der Waals surface area (Å²) in [7, 11) is 2.79. The van der Waals surface area contributed by atoms with Gasteiger partial charge < -0.3 is 20.1 Å². The number of anilines is 2. The van der Waals surface area contributed by atoms with Crippen molar-refractivity contribution >= 4 is 29.2 Å². The summed E-state index contributed by atoms with van der Waals surface area (Å²) in [5.74, 6) is -1.58. The van der Waals surface area contributed by atoms with Gasteiger partial charge in [-0.3, -0.25) is 9.59 Å². The molecule has 7 heteroatoms. The van der Waals surface area contributed by atoms with Crippen LogP contribution in [0.3, 0.4) is 0 Å². The monoisotopic (exact) mass is 328 g/mol. The third-order valence-electron chi connectivity index (χ3n) is 3.10. The number of amides is 2. The Kier molecular flexibility index (Phi) is 5.51. The van der Waals surface area contributed by atoms with E-state index in [4.69, 9.17) is 4.74 Å². The topological polar surface area (TPSA) is 93.7 Å². The molecular formula is C17H16N2O5. The number of ether oxygens (including phenoxy) is 2. The van der Waals surface area contributed by atoms with Crippen molar-refractivity contribution in [3.8, 4) is 5.75 Å². The molecule has 0 aromatic heterocycles. The van der Waals surface area contributed by atoms with Crippen LogP contribution in [-0.2, 0) is 14.3 Å². The fourth-order valence-electron chi connectivity index (χ4n) is 1.89. The number of benzene rings is 2. The Morgan fingerprint density at radius 2 is 1.46 bits per heavy atom. The Morgan fingerprint density at radius 1 is 0.833 bits per heavy atom. The number of carbonyl (C=O) groups excluding carboxylic acids is 3. The minimum absolute atomic E-state index is 0.269. The lowest BCUT2D eigenvalue weighted by molar-refractivity contribution is -0.132. The first-order valence-corrected chi connectivity index (χ1v) is 6.98. The Labute approximate surface area is 138 Å². The van der Waals surface area contributed by atoms with Gasteiger partial charge in [-0.1, -0.05) is 6.07 Å².